The molecule has 0 heterocycles. The molecule has 0 saturated carbocycles. The van der Waals surface area contributed by atoms with Gasteiger partial charge in [0.15, 0.2) is 5.78 Å². The third-order valence-corrected chi connectivity index (χ3v) is 2.64. The minimum atomic E-state index is -1.45. The maximum Gasteiger partial charge on any atom is 0.167 e. The van der Waals surface area contributed by atoms with Crippen molar-refractivity contribution in [3.05, 3.63) is 0 Å². The highest BCUT2D eigenvalue weighted by Crippen LogP contribution is 2.16. The summed E-state index contributed by atoms with van der Waals surface area (Å²) in [4.78, 5) is 11.7. The van der Waals surface area contributed by atoms with E-state index in [0.29, 0.717) is 6.42 Å². The molecule has 0 aromatic heterocycles. The van der Waals surface area contributed by atoms with E-state index in [0.717, 1.165) is 19.3 Å². The van der Waals surface area contributed by atoms with Crippen molar-refractivity contribution in [2.24, 2.45) is 5.92 Å². The van der Waals surface area contributed by atoms with Gasteiger partial charge in [0.2, 0.25) is 0 Å². The number of hydrogen-bond acceptors (Lipinski definition) is 4. The minimum Gasteiger partial charge on any atom is -0.394 e. The van der Waals surface area contributed by atoms with E-state index >= 15 is 0 Å². The van der Waals surface area contributed by atoms with Crippen LogP contribution in [0.2, 0.25) is 0 Å². The monoisotopic (exact) mass is 218 g/mol. The summed E-state index contributed by atoms with van der Waals surface area (Å²) in [6.07, 6.45) is 0.536. The van der Waals surface area contributed by atoms with E-state index < -0.39 is 18.8 Å². The number of carbonyl (C=O) groups excluding carboxylic acids is 1. The quantitative estimate of drug-likeness (QED) is 0.554. The lowest BCUT2D eigenvalue weighted by atomic mass is 9.90. The van der Waals surface area contributed by atoms with E-state index in [9.17, 15) is 9.90 Å². The number of ketones is 1. The minimum absolute atomic E-state index is 0.207. The van der Waals surface area contributed by atoms with Crippen LogP contribution in [0.4, 0.5) is 0 Å². The molecule has 0 aromatic rings. The average molecular weight is 218 g/mol. The van der Waals surface area contributed by atoms with Crippen LogP contribution < -0.4 is 0 Å². The molecule has 0 aliphatic rings. The third kappa shape index (κ3) is 4.73. The van der Waals surface area contributed by atoms with Crippen molar-refractivity contribution in [3.8, 4) is 0 Å². The fourth-order valence-corrected chi connectivity index (χ4v) is 1.53. The van der Waals surface area contributed by atoms with Crippen molar-refractivity contribution in [2.75, 3.05) is 6.61 Å². The van der Waals surface area contributed by atoms with E-state index in [-0.39, 0.29) is 11.7 Å². The maximum atomic E-state index is 11.7. The van der Waals surface area contributed by atoms with Crippen LogP contribution in [0.5, 0.6) is 0 Å². The Kier molecular flexibility index (Phi) is 7.56. The van der Waals surface area contributed by atoms with Crippen molar-refractivity contribution < 1.29 is 20.1 Å². The number of aliphatic hydroxyl groups excluding tert-OH is 3. The molecule has 3 unspecified atom stereocenters. The van der Waals surface area contributed by atoms with Gasteiger partial charge in [-0.1, -0.05) is 26.7 Å². The standard InChI is InChI=1S/C11H22O4/c1-3-5-6-8(4-2)10(14)11(15)9(13)7-12/h8-9,11-13,15H,3-7H2,1-2H3. The Balaban J connectivity index is 4.24. The van der Waals surface area contributed by atoms with Gasteiger partial charge < -0.3 is 15.3 Å². The molecule has 0 aliphatic heterocycles. The molecule has 0 rings (SSSR count). The number of aliphatic hydroxyl groups is 3. The van der Waals surface area contributed by atoms with Gasteiger partial charge in [-0.05, 0) is 12.8 Å². The smallest absolute Gasteiger partial charge is 0.167 e. The Morgan fingerprint density at radius 2 is 1.87 bits per heavy atom. The second kappa shape index (κ2) is 7.79. The molecule has 0 fully saturated rings. The zero-order valence-corrected chi connectivity index (χ0v) is 9.52. The summed E-state index contributed by atoms with van der Waals surface area (Å²) >= 11 is 0. The Morgan fingerprint density at radius 3 is 2.27 bits per heavy atom. The third-order valence-electron chi connectivity index (χ3n) is 2.64. The molecule has 4 nitrogen and oxygen atoms in total. The highest BCUT2D eigenvalue weighted by Gasteiger charge is 2.28. The molecule has 0 amide bonds. The zero-order chi connectivity index (χ0) is 11.8. The molecule has 90 valence electrons. The molecular formula is C11H22O4. The molecule has 3 N–H and O–H groups in total. The molecule has 0 radical (unpaired) electrons. The van der Waals surface area contributed by atoms with Crippen molar-refractivity contribution in [1.29, 1.82) is 0 Å². The van der Waals surface area contributed by atoms with E-state index in [1.54, 1.807) is 0 Å². The summed E-state index contributed by atoms with van der Waals surface area (Å²) in [5.74, 6) is -0.561. The Morgan fingerprint density at radius 1 is 1.27 bits per heavy atom. The predicted molar refractivity (Wildman–Crippen MR) is 57.4 cm³/mol. The first-order chi connectivity index (χ1) is 7.08. The van der Waals surface area contributed by atoms with Crippen molar-refractivity contribution in [3.63, 3.8) is 0 Å². The van der Waals surface area contributed by atoms with Gasteiger partial charge >= 0.3 is 0 Å². The van der Waals surface area contributed by atoms with Gasteiger partial charge in [-0.25, -0.2) is 0 Å². The molecule has 0 aliphatic carbocycles. The van der Waals surface area contributed by atoms with Crippen LogP contribution in [0.25, 0.3) is 0 Å². The van der Waals surface area contributed by atoms with E-state index in [1.165, 1.54) is 0 Å². The summed E-state index contributed by atoms with van der Waals surface area (Å²) in [6, 6.07) is 0. The highest BCUT2D eigenvalue weighted by atomic mass is 16.4. The fraction of sp³-hybridized carbons (Fsp3) is 0.909. The summed E-state index contributed by atoms with van der Waals surface area (Å²) in [5, 5.41) is 27.2. The SMILES string of the molecule is CCCCC(CC)C(=O)C(O)C(O)CO. The molecular weight excluding hydrogens is 196 g/mol. The fourth-order valence-electron chi connectivity index (χ4n) is 1.53. The number of hydrogen-bond donors (Lipinski definition) is 3. The number of rotatable bonds is 8. The second-order valence-corrected chi connectivity index (χ2v) is 3.84. The van der Waals surface area contributed by atoms with Gasteiger partial charge in [0.1, 0.15) is 12.2 Å². The average Bonchev–Trinajstić information content (AvgIpc) is 2.27. The molecule has 15 heavy (non-hydrogen) atoms. The van der Waals surface area contributed by atoms with Crippen molar-refractivity contribution in [2.45, 2.75) is 51.7 Å². The van der Waals surface area contributed by atoms with Crippen molar-refractivity contribution in [1.82, 2.24) is 0 Å². The first-order valence-electron chi connectivity index (χ1n) is 5.59. The molecule has 0 spiro atoms. The Bertz CT molecular complexity index is 181. The predicted octanol–water partition coefficient (Wildman–Crippen LogP) is 0.486. The molecule has 3 atom stereocenters. The van der Waals surface area contributed by atoms with Gasteiger partial charge in [-0.2, -0.15) is 0 Å². The Hall–Kier alpha value is -0.450. The van der Waals surface area contributed by atoms with Crippen LogP contribution in [0.3, 0.4) is 0 Å². The maximum absolute atomic E-state index is 11.7. The largest absolute Gasteiger partial charge is 0.394 e. The van der Waals surface area contributed by atoms with Crippen LogP contribution in [0.1, 0.15) is 39.5 Å². The van der Waals surface area contributed by atoms with Gasteiger partial charge in [0, 0.05) is 5.92 Å². The van der Waals surface area contributed by atoms with Gasteiger partial charge in [0.25, 0.3) is 0 Å². The van der Waals surface area contributed by atoms with Crippen LogP contribution >= 0.6 is 0 Å². The van der Waals surface area contributed by atoms with Crippen molar-refractivity contribution >= 4 is 5.78 Å². The lowest BCUT2D eigenvalue weighted by Gasteiger charge is -2.20. The van der Waals surface area contributed by atoms with Crippen LogP contribution in [0.15, 0.2) is 0 Å². The first-order valence-corrected chi connectivity index (χ1v) is 5.59. The summed E-state index contributed by atoms with van der Waals surface area (Å²) in [6.45, 7) is 3.34. The molecule has 0 saturated heterocycles. The topological polar surface area (TPSA) is 77.8 Å². The lowest BCUT2D eigenvalue weighted by molar-refractivity contribution is -0.139. The van der Waals surface area contributed by atoms with E-state index in [2.05, 4.69) is 0 Å². The molecule has 0 bridgehead atoms. The second-order valence-electron chi connectivity index (χ2n) is 3.84. The summed E-state index contributed by atoms with van der Waals surface area (Å²) < 4.78 is 0. The van der Waals surface area contributed by atoms with Gasteiger partial charge in [-0.3, -0.25) is 4.79 Å². The van der Waals surface area contributed by atoms with Crippen LogP contribution in [-0.4, -0.2) is 39.9 Å². The number of carbonyl (C=O) groups is 1. The van der Waals surface area contributed by atoms with Gasteiger partial charge in [-0.15, -0.1) is 0 Å². The summed E-state index contributed by atoms with van der Waals surface area (Å²) in [7, 11) is 0. The number of Topliss-reactive ketones (excluding diaryl/α,β-unsaturated/α-hetero) is 1. The highest BCUT2D eigenvalue weighted by molar-refractivity contribution is 5.85. The molecule has 4 heteroatoms. The first kappa shape index (κ1) is 14.6. The van der Waals surface area contributed by atoms with Crippen LogP contribution in [-0.2, 0) is 4.79 Å². The number of unbranched alkanes of at least 4 members (excludes halogenated alkanes) is 1. The normalized spacial score (nSPS) is 17.1. The van der Waals surface area contributed by atoms with Gasteiger partial charge in [0.05, 0.1) is 6.61 Å². The van der Waals surface area contributed by atoms with Crippen LogP contribution in [0, 0.1) is 5.92 Å². The summed E-state index contributed by atoms with van der Waals surface area (Å²) in [5.41, 5.74) is 0. The molecule has 0 aromatic carbocycles. The Labute approximate surface area is 90.9 Å². The van der Waals surface area contributed by atoms with E-state index in [4.69, 9.17) is 10.2 Å². The van der Waals surface area contributed by atoms with E-state index in [1.807, 2.05) is 13.8 Å². The lowest BCUT2D eigenvalue weighted by Crippen LogP contribution is -2.39. The zero-order valence-electron chi connectivity index (χ0n) is 9.52.